The minimum absolute atomic E-state index is 0.0300. The number of hydrogen-bond acceptors (Lipinski definition) is 20. The Labute approximate surface area is 456 Å². The highest BCUT2D eigenvalue weighted by atomic mass is 16.6. The fourth-order valence-corrected chi connectivity index (χ4v) is 9.50. The van der Waals surface area contributed by atoms with Crippen LogP contribution in [-0.4, -0.2) is 176 Å². The van der Waals surface area contributed by atoms with Crippen LogP contribution in [0.5, 0.6) is 0 Å². The first-order valence-electron chi connectivity index (χ1n) is 25.0. The fraction of sp³-hybridized carbons (Fsp3) is 0.373. The molecule has 6 saturated heterocycles. The fourth-order valence-electron chi connectivity index (χ4n) is 9.50. The molecular formula is C59H64O20. The Morgan fingerprint density at radius 1 is 0.380 bits per heavy atom. The standard InChI is InChI=1S/C21H20O6.C15H16O7.C12H14O3.C9H10O2.2CH2O/c1-24-20(22)14-7-9-15(10-8-14)21(23)27-17-12-26-18-16(11-25-19(17)18)13-5-3-2-4-6-13;1-19-14(17)8-2-4-9(5-3-8)15(18)22-11-7-21-12-10(16)6-20-13(11)12;13-10-7-15-11-9(6-14-12(10)11)8-4-2-1-3-5-8;1-7-3-5-8(6-4-7)9(10)11-2;2*1-2/h2-10,16-19H,11-12H2,1H3;2-5,10-13,16H,6-7H2,1H3;1-5,9-13H,6-7H2;3-6H,1-2H3;2*1H2/t16-,17-,18?,19?;10-,11+,12?,13?;9-,10-,11?,12?;;;/m010.../s1. The number of hydrogen-bond donors (Lipinski definition) is 2. The monoisotopic (exact) mass is 1090 g/mol. The summed E-state index contributed by atoms with van der Waals surface area (Å²) in [6, 6.07) is 39.7. The van der Waals surface area contributed by atoms with Gasteiger partial charge >= 0.3 is 29.8 Å². The molecule has 0 amide bonds. The second kappa shape index (κ2) is 30.0. The van der Waals surface area contributed by atoms with E-state index in [0.29, 0.717) is 54.2 Å². The van der Waals surface area contributed by atoms with E-state index in [2.05, 4.69) is 38.5 Å². The number of aliphatic hydroxyl groups is 2. The lowest BCUT2D eigenvalue weighted by Gasteiger charge is -2.17. The molecule has 11 rings (SSSR count). The first kappa shape index (κ1) is 60.7. The zero-order valence-corrected chi connectivity index (χ0v) is 44.0. The van der Waals surface area contributed by atoms with E-state index in [4.69, 9.17) is 47.5 Å². The molecule has 12 atom stereocenters. The summed E-state index contributed by atoms with van der Waals surface area (Å²) < 4.78 is 58.5. The molecule has 6 aliphatic heterocycles. The van der Waals surface area contributed by atoms with E-state index in [0.717, 1.165) is 11.1 Å². The van der Waals surface area contributed by atoms with Gasteiger partial charge in [0.25, 0.3) is 0 Å². The second-order valence-corrected chi connectivity index (χ2v) is 18.3. The van der Waals surface area contributed by atoms with Gasteiger partial charge in [-0.15, -0.1) is 0 Å². The molecule has 0 bridgehead atoms. The van der Waals surface area contributed by atoms with Gasteiger partial charge in [-0.1, -0.05) is 78.4 Å². The number of carbonyl (C=O) groups is 7. The van der Waals surface area contributed by atoms with Crippen LogP contribution in [0.1, 0.15) is 80.3 Å². The predicted octanol–water partition coefficient (Wildman–Crippen LogP) is 5.08. The molecule has 0 spiro atoms. The summed E-state index contributed by atoms with van der Waals surface area (Å²) in [5.74, 6) is -1.80. The van der Waals surface area contributed by atoms with Crippen LogP contribution in [0.4, 0.5) is 0 Å². The van der Waals surface area contributed by atoms with E-state index in [9.17, 15) is 34.2 Å². The number of benzene rings is 5. The van der Waals surface area contributed by atoms with Crippen LogP contribution < -0.4 is 0 Å². The molecule has 5 aromatic rings. The minimum atomic E-state index is -0.687. The first-order chi connectivity index (χ1) is 38.4. The molecule has 0 saturated carbocycles. The average Bonchev–Trinajstić information content (AvgIpc) is 4.54. The van der Waals surface area contributed by atoms with Crippen molar-refractivity contribution in [3.63, 3.8) is 0 Å². The number of carbonyl (C=O) groups excluding carboxylic acids is 7. The molecule has 6 unspecified atom stereocenters. The van der Waals surface area contributed by atoms with E-state index < -0.39 is 60.5 Å². The number of methoxy groups -OCH3 is 3. The number of aliphatic hydroxyl groups excluding tert-OH is 2. The molecule has 0 aromatic heterocycles. The maximum atomic E-state index is 12.4. The summed E-state index contributed by atoms with van der Waals surface area (Å²) in [7, 11) is 3.98. The lowest BCUT2D eigenvalue weighted by atomic mass is 9.93. The van der Waals surface area contributed by atoms with Gasteiger partial charge in [0.15, 0.2) is 12.2 Å². The molecule has 5 aromatic carbocycles. The van der Waals surface area contributed by atoms with Crippen molar-refractivity contribution in [3.05, 3.63) is 178 Å². The summed E-state index contributed by atoms with van der Waals surface area (Å²) in [5, 5.41) is 19.3. The molecular weight excluding hydrogens is 1030 g/mol. The summed E-state index contributed by atoms with van der Waals surface area (Å²) >= 11 is 0. The quantitative estimate of drug-likeness (QED) is 0.144. The van der Waals surface area contributed by atoms with E-state index in [1.165, 1.54) is 63.3 Å². The second-order valence-electron chi connectivity index (χ2n) is 18.3. The summed E-state index contributed by atoms with van der Waals surface area (Å²) in [6.07, 6.45) is -3.51. The Kier molecular flexibility index (Phi) is 23.0. The molecule has 6 heterocycles. The van der Waals surface area contributed by atoms with Gasteiger partial charge in [0.05, 0.1) is 101 Å². The highest BCUT2D eigenvalue weighted by molar-refractivity contribution is 5.94. The largest absolute Gasteiger partial charge is 0.465 e. The molecule has 20 nitrogen and oxygen atoms in total. The number of esters is 5. The van der Waals surface area contributed by atoms with Crippen molar-refractivity contribution < 1.29 is 95.9 Å². The third-order valence-electron chi connectivity index (χ3n) is 13.5. The van der Waals surface area contributed by atoms with Crippen LogP contribution >= 0.6 is 0 Å². The van der Waals surface area contributed by atoms with Crippen molar-refractivity contribution in [1.82, 2.24) is 0 Å². The van der Waals surface area contributed by atoms with Gasteiger partial charge in [-0.05, 0) is 78.7 Å². The Hall–Kier alpha value is -7.53. The van der Waals surface area contributed by atoms with Crippen LogP contribution in [0.3, 0.4) is 0 Å². The van der Waals surface area contributed by atoms with Crippen molar-refractivity contribution in [3.8, 4) is 0 Å². The lowest BCUT2D eigenvalue weighted by Crippen LogP contribution is -2.34. The Balaban J connectivity index is 0.000000174. The Morgan fingerprint density at radius 3 is 1.05 bits per heavy atom. The molecule has 6 aliphatic rings. The van der Waals surface area contributed by atoms with Crippen LogP contribution in [0.25, 0.3) is 0 Å². The topological polar surface area (TPSA) is 261 Å². The normalized spacial score (nSPS) is 26.2. The predicted molar refractivity (Wildman–Crippen MR) is 280 cm³/mol. The zero-order valence-electron chi connectivity index (χ0n) is 44.0. The van der Waals surface area contributed by atoms with Crippen molar-refractivity contribution in [2.24, 2.45) is 0 Å². The number of ether oxygens (including phenoxy) is 11. The maximum absolute atomic E-state index is 12.4. The van der Waals surface area contributed by atoms with Gasteiger partial charge in [0.1, 0.15) is 50.2 Å². The van der Waals surface area contributed by atoms with E-state index in [1.54, 1.807) is 24.3 Å². The van der Waals surface area contributed by atoms with Crippen LogP contribution in [0.15, 0.2) is 133 Å². The highest BCUT2D eigenvalue weighted by Crippen LogP contribution is 2.39. The van der Waals surface area contributed by atoms with Crippen molar-refractivity contribution in [2.75, 3.05) is 61.0 Å². The van der Waals surface area contributed by atoms with E-state index in [1.807, 2.05) is 69.0 Å². The Morgan fingerprint density at radius 2 is 0.658 bits per heavy atom. The Bertz CT molecular complexity index is 2720. The molecule has 0 aliphatic carbocycles. The summed E-state index contributed by atoms with van der Waals surface area (Å²) in [4.78, 5) is 74.3. The smallest absolute Gasteiger partial charge is 0.338 e. The average molecular weight is 1090 g/mol. The third kappa shape index (κ3) is 15.4. The van der Waals surface area contributed by atoms with Gasteiger partial charge in [-0.3, -0.25) is 0 Å². The van der Waals surface area contributed by atoms with Gasteiger partial charge in [0.2, 0.25) is 0 Å². The molecule has 20 heteroatoms. The van der Waals surface area contributed by atoms with E-state index in [-0.39, 0.29) is 55.4 Å². The molecule has 420 valence electrons. The highest BCUT2D eigenvalue weighted by Gasteiger charge is 2.51. The number of rotatable bonds is 9. The SMILES string of the molecule is C=O.C=O.COC(=O)c1ccc(C(=O)O[C@H]2COC3C2OC[C@H]3O)cc1.COC(=O)c1ccc(C(=O)O[C@H]2COC3C2OC[C@H]3c2ccccc2)cc1.COC(=O)c1ccc(C)cc1.O[C@H]1COC2C1OC[C@H]2c1ccccc1. The number of fused-ring (bicyclic) bond motifs is 3. The summed E-state index contributed by atoms with van der Waals surface area (Å²) in [5.41, 5.74) is 5.54. The third-order valence-corrected chi connectivity index (χ3v) is 13.5. The maximum Gasteiger partial charge on any atom is 0.338 e. The van der Waals surface area contributed by atoms with Crippen molar-refractivity contribution in [2.45, 2.75) is 79.8 Å². The van der Waals surface area contributed by atoms with Gasteiger partial charge in [0, 0.05) is 11.8 Å². The molecule has 0 radical (unpaired) electrons. The van der Waals surface area contributed by atoms with Crippen LogP contribution in [0.2, 0.25) is 0 Å². The molecule has 6 fully saturated rings. The van der Waals surface area contributed by atoms with Gasteiger partial charge in [-0.25, -0.2) is 24.0 Å². The number of aryl methyl sites for hydroxylation is 1. The zero-order chi connectivity index (χ0) is 57.0. The van der Waals surface area contributed by atoms with E-state index >= 15 is 0 Å². The lowest BCUT2D eigenvalue weighted by molar-refractivity contribution is -0.0987. The molecule has 2 N–H and O–H groups in total. The van der Waals surface area contributed by atoms with Crippen molar-refractivity contribution >= 4 is 43.4 Å². The summed E-state index contributed by atoms with van der Waals surface area (Å²) in [6.45, 7) is 8.25. The van der Waals surface area contributed by atoms with Crippen LogP contribution in [-0.2, 0) is 61.7 Å². The minimum Gasteiger partial charge on any atom is -0.465 e. The van der Waals surface area contributed by atoms with Gasteiger partial charge < -0.3 is 71.9 Å². The van der Waals surface area contributed by atoms with Gasteiger partial charge in [-0.2, -0.15) is 0 Å². The molecule has 79 heavy (non-hydrogen) atoms. The first-order valence-corrected chi connectivity index (χ1v) is 25.0. The van der Waals surface area contributed by atoms with Crippen molar-refractivity contribution in [1.29, 1.82) is 0 Å². The van der Waals surface area contributed by atoms with Crippen LogP contribution in [0, 0.1) is 6.92 Å².